The van der Waals surface area contributed by atoms with Gasteiger partial charge in [-0.1, -0.05) is 25.5 Å². The molecule has 0 heterocycles. The van der Waals surface area contributed by atoms with Gasteiger partial charge in [0.15, 0.2) is 0 Å². The Morgan fingerprint density at radius 2 is 2.08 bits per heavy atom. The average Bonchev–Trinajstić information content (AvgIpc) is 2.28. The summed E-state index contributed by atoms with van der Waals surface area (Å²) in [6, 6.07) is 0. The summed E-state index contributed by atoms with van der Waals surface area (Å²) in [6.07, 6.45) is 5.15. The number of Topliss-reactive ketones (excluding diaryl/α,β-unsaturated/α-hetero) is 1. The molecule has 2 aliphatic carbocycles. The van der Waals surface area contributed by atoms with Gasteiger partial charge in [-0.2, -0.15) is 0 Å². The Hall–Kier alpha value is -0.590. The first kappa shape index (κ1) is 8.03. The lowest BCUT2D eigenvalue weighted by atomic mass is 9.70. The van der Waals surface area contributed by atoms with Crippen molar-refractivity contribution in [3.05, 3.63) is 11.6 Å². The predicted octanol–water partition coefficient (Wildman–Crippen LogP) is 2.71. The van der Waals surface area contributed by atoms with Crippen LogP contribution < -0.4 is 0 Å². The van der Waals surface area contributed by atoms with E-state index < -0.39 is 0 Å². The maximum atomic E-state index is 11.7. The fraction of sp³-hybridized carbons (Fsp3) is 0.727. The third-order valence-corrected chi connectivity index (χ3v) is 3.94. The van der Waals surface area contributed by atoms with Gasteiger partial charge < -0.3 is 0 Å². The van der Waals surface area contributed by atoms with Crippen molar-refractivity contribution in [1.29, 1.82) is 0 Å². The van der Waals surface area contributed by atoms with Crippen LogP contribution >= 0.6 is 0 Å². The molecule has 0 aromatic rings. The topological polar surface area (TPSA) is 17.1 Å². The van der Waals surface area contributed by atoms with Gasteiger partial charge in [-0.15, -0.1) is 0 Å². The number of allylic oxidation sites excluding steroid dienone is 2. The van der Waals surface area contributed by atoms with Gasteiger partial charge in [0.25, 0.3) is 0 Å². The molecule has 2 atom stereocenters. The van der Waals surface area contributed by atoms with Crippen LogP contribution in [0.1, 0.15) is 40.0 Å². The summed E-state index contributed by atoms with van der Waals surface area (Å²) in [7, 11) is 0. The van der Waals surface area contributed by atoms with E-state index >= 15 is 0 Å². The van der Waals surface area contributed by atoms with Gasteiger partial charge in [-0.3, -0.25) is 4.79 Å². The smallest absolute Gasteiger partial charge is 0.139 e. The molecular weight excluding hydrogens is 148 g/mol. The summed E-state index contributed by atoms with van der Waals surface area (Å²) in [6.45, 7) is 6.51. The second kappa shape index (κ2) is 2.01. The highest BCUT2D eigenvalue weighted by Crippen LogP contribution is 2.58. The molecule has 0 aliphatic heterocycles. The monoisotopic (exact) mass is 164 g/mol. The van der Waals surface area contributed by atoms with Crippen LogP contribution in [0.4, 0.5) is 0 Å². The Kier molecular flexibility index (Phi) is 1.35. The molecule has 0 bridgehead atoms. The van der Waals surface area contributed by atoms with Crippen LogP contribution in [-0.2, 0) is 4.79 Å². The SMILES string of the molecule is CC1=C[C@]2(C)CCC(=O)[C@]2(C)C1. The first-order chi connectivity index (χ1) is 5.48. The minimum Gasteiger partial charge on any atom is -0.299 e. The summed E-state index contributed by atoms with van der Waals surface area (Å²) in [5.74, 6) is 0.470. The van der Waals surface area contributed by atoms with Gasteiger partial charge in [0.05, 0.1) is 0 Å². The van der Waals surface area contributed by atoms with Gasteiger partial charge >= 0.3 is 0 Å². The lowest BCUT2D eigenvalue weighted by Gasteiger charge is -2.32. The van der Waals surface area contributed by atoms with Gasteiger partial charge in [0, 0.05) is 11.8 Å². The molecule has 0 aromatic carbocycles. The molecule has 1 nitrogen and oxygen atoms in total. The summed E-state index contributed by atoms with van der Waals surface area (Å²) < 4.78 is 0. The minimum atomic E-state index is -0.0584. The van der Waals surface area contributed by atoms with E-state index in [2.05, 4.69) is 26.8 Å². The zero-order valence-corrected chi connectivity index (χ0v) is 8.11. The molecule has 0 aromatic heterocycles. The van der Waals surface area contributed by atoms with E-state index in [9.17, 15) is 4.79 Å². The van der Waals surface area contributed by atoms with Crippen LogP contribution in [0.3, 0.4) is 0 Å². The van der Waals surface area contributed by atoms with Crippen LogP contribution in [0.15, 0.2) is 11.6 Å². The van der Waals surface area contributed by atoms with Crippen LogP contribution in [-0.4, -0.2) is 5.78 Å². The molecule has 1 heteroatoms. The largest absolute Gasteiger partial charge is 0.299 e. The van der Waals surface area contributed by atoms with Gasteiger partial charge in [-0.25, -0.2) is 0 Å². The molecule has 12 heavy (non-hydrogen) atoms. The van der Waals surface area contributed by atoms with E-state index in [0.717, 1.165) is 19.3 Å². The van der Waals surface area contributed by atoms with E-state index in [1.54, 1.807) is 0 Å². The summed E-state index contributed by atoms with van der Waals surface area (Å²) in [5.41, 5.74) is 1.51. The Balaban J connectivity index is 2.47. The van der Waals surface area contributed by atoms with Crippen molar-refractivity contribution in [3.63, 3.8) is 0 Å². The van der Waals surface area contributed by atoms with E-state index in [1.807, 2.05) is 0 Å². The highest BCUT2D eigenvalue weighted by Gasteiger charge is 2.55. The number of ketones is 1. The summed E-state index contributed by atoms with van der Waals surface area (Å²) >= 11 is 0. The van der Waals surface area contributed by atoms with Crippen LogP contribution in [0.5, 0.6) is 0 Å². The van der Waals surface area contributed by atoms with Crippen molar-refractivity contribution >= 4 is 5.78 Å². The van der Waals surface area contributed by atoms with Gasteiger partial charge in [0.2, 0.25) is 0 Å². The molecular formula is C11H16O. The lowest BCUT2D eigenvalue weighted by Crippen LogP contribution is -2.32. The molecule has 1 saturated carbocycles. The number of hydrogen-bond acceptors (Lipinski definition) is 1. The molecule has 0 amide bonds. The average molecular weight is 164 g/mol. The molecule has 2 aliphatic rings. The highest BCUT2D eigenvalue weighted by atomic mass is 16.1. The third-order valence-electron chi connectivity index (χ3n) is 3.94. The zero-order valence-electron chi connectivity index (χ0n) is 8.11. The molecule has 2 rings (SSSR count). The van der Waals surface area contributed by atoms with Crippen molar-refractivity contribution in [2.75, 3.05) is 0 Å². The molecule has 66 valence electrons. The van der Waals surface area contributed by atoms with Gasteiger partial charge in [0.1, 0.15) is 5.78 Å². The van der Waals surface area contributed by atoms with Crippen molar-refractivity contribution < 1.29 is 4.79 Å². The molecule has 0 spiro atoms. The second-order valence-electron chi connectivity index (χ2n) is 4.84. The Morgan fingerprint density at radius 3 is 2.67 bits per heavy atom. The van der Waals surface area contributed by atoms with Crippen molar-refractivity contribution in [2.45, 2.75) is 40.0 Å². The molecule has 0 N–H and O–H groups in total. The van der Waals surface area contributed by atoms with Crippen molar-refractivity contribution in [3.8, 4) is 0 Å². The van der Waals surface area contributed by atoms with E-state index in [1.165, 1.54) is 5.57 Å². The van der Waals surface area contributed by atoms with Crippen LogP contribution in [0, 0.1) is 10.8 Å². The fourth-order valence-corrected chi connectivity index (χ4v) is 2.93. The Bertz CT molecular complexity index is 277. The van der Waals surface area contributed by atoms with Crippen LogP contribution in [0.25, 0.3) is 0 Å². The number of hydrogen-bond donors (Lipinski definition) is 0. The van der Waals surface area contributed by atoms with E-state index in [0.29, 0.717) is 5.78 Å². The zero-order chi connectivity index (χ0) is 8.98. The maximum Gasteiger partial charge on any atom is 0.139 e. The van der Waals surface area contributed by atoms with Crippen molar-refractivity contribution in [2.24, 2.45) is 10.8 Å². The second-order valence-corrected chi connectivity index (χ2v) is 4.84. The van der Waals surface area contributed by atoms with Crippen LogP contribution in [0.2, 0.25) is 0 Å². The number of fused-ring (bicyclic) bond motifs is 1. The maximum absolute atomic E-state index is 11.7. The fourth-order valence-electron chi connectivity index (χ4n) is 2.93. The van der Waals surface area contributed by atoms with E-state index in [-0.39, 0.29) is 10.8 Å². The molecule has 0 radical (unpaired) electrons. The van der Waals surface area contributed by atoms with E-state index in [4.69, 9.17) is 0 Å². The molecule has 1 fully saturated rings. The number of carbonyl (C=O) groups is 1. The summed E-state index contributed by atoms with van der Waals surface area (Å²) in [4.78, 5) is 11.7. The molecule has 0 unspecified atom stereocenters. The summed E-state index contributed by atoms with van der Waals surface area (Å²) in [5, 5.41) is 0. The Morgan fingerprint density at radius 1 is 1.42 bits per heavy atom. The first-order valence-electron chi connectivity index (χ1n) is 4.70. The number of carbonyl (C=O) groups excluding carboxylic acids is 1. The lowest BCUT2D eigenvalue weighted by molar-refractivity contribution is -0.126. The first-order valence-corrected chi connectivity index (χ1v) is 4.70. The Labute approximate surface area is 73.8 Å². The minimum absolute atomic E-state index is 0.0584. The van der Waals surface area contributed by atoms with Crippen molar-refractivity contribution in [1.82, 2.24) is 0 Å². The standard InChI is InChI=1S/C11H16O/c1-8-6-10(2)5-4-9(12)11(10,3)7-8/h6H,4-5,7H2,1-3H3/t10-,11-/m0/s1. The molecule has 0 saturated heterocycles. The third kappa shape index (κ3) is 0.720. The predicted molar refractivity (Wildman–Crippen MR) is 48.8 cm³/mol. The normalized spacial score (nSPS) is 46.2. The quantitative estimate of drug-likeness (QED) is 0.503. The highest BCUT2D eigenvalue weighted by molar-refractivity contribution is 5.89. The van der Waals surface area contributed by atoms with Gasteiger partial charge in [-0.05, 0) is 25.2 Å². The number of rotatable bonds is 0.